The van der Waals surface area contributed by atoms with E-state index in [-0.39, 0.29) is 4.21 Å². The molecule has 0 saturated heterocycles. The molecule has 0 aliphatic carbocycles. The van der Waals surface area contributed by atoms with E-state index < -0.39 is 10.0 Å². The molecular weight excluding hydrogens is 221 g/mol. The monoisotopic (exact) mass is 233 g/mol. The van der Waals surface area contributed by atoms with Crippen molar-refractivity contribution in [3.05, 3.63) is 11.4 Å². The van der Waals surface area contributed by atoms with Crippen molar-refractivity contribution in [3.63, 3.8) is 0 Å². The average molecular weight is 233 g/mol. The van der Waals surface area contributed by atoms with Crippen molar-refractivity contribution in [2.24, 2.45) is 0 Å². The molecule has 78 valence electrons. The van der Waals surface area contributed by atoms with E-state index in [1.807, 2.05) is 0 Å². The van der Waals surface area contributed by atoms with E-state index >= 15 is 0 Å². The van der Waals surface area contributed by atoms with Gasteiger partial charge in [-0.3, -0.25) is 0 Å². The van der Waals surface area contributed by atoms with Gasteiger partial charge in [0.25, 0.3) is 0 Å². The standard InChI is InChI=1S/C7H12BNO3S2/c1-3-9(8)14(10,11)7-6(12-2)4-5-13-7/h4-5H,3,8H2,1-2H3. The molecule has 14 heavy (non-hydrogen) atoms. The van der Waals surface area contributed by atoms with Gasteiger partial charge in [0.2, 0.25) is 18.0 Å². The lowest BCUT2D eigenvalue weighted by atomic mass is 10.4. The molecule has 7 heteroatoms. The summed E-state index contributed by atoms with van der Waals surface area (Å²) in [4.78, 5) is 0. The summed E-state index contributed by atoms with van der Waals surface area (Å²) in [5, 5.41) is 1.70. The van der Waals surface area contributed by atoms with Gasteiger partial charge in [-0.15, -0.1) is 11.3 Å². The largest absolute Gasteiger partial charge is 0.494 e. The van der Waals surface area contributed by atoms with Gasteiger partial charge in [0.05, 0.1) is 7.11 Å². The lowest BCUT2D eigenvalue weighted by Gasteiger charge is -2.14. The zero-order valence-electron chi connectivity index (χ0n) is 8.35. The van der Waals surface area contributed by atoms with E-state index in [0.29, 0.717) is 12.3 Å². The predicted octanol–water partition coefficient (Wildman–Crippen LogP) is 0.315. The van der Waals surface area contributed by atoms with Crippen LogP contribution < -0.4 is 4.74 Å². The summed E-state index contributed by atoms with van der Waals surface area (Å²) >= 11 is 1.17. The first-order valence-electron chi connectivity index (χ1n) is 4.11. The predicted molar refractivity (Wildman–Crippen MR) is 59.0 cm³/mol. The second kappa shape index (κ2) is 4.33. The minimum absolute atomic E-state index is 0.268. The Morgan fingerprint density at radius 1 is 1.64 bits per heavy atom. The number of hydrogen-bond acceptors (Lipinski definition) is 4. The molecule has 0 aromatic carbocycles. The second-order valence-electron chi connectivity index (χ2n) is 2.70. The smallest absolute Gasteiger partial charge is 0.245 e. The maximum absolute atomic E-state index is 11.9. The number of rotatable bonds is 4. The van der Waals surface area contributed by atoms with Crippen LogP contribution in [-0.2, 0) is 10.0 Å². The van der Waals surface area contributed by atoms with Crippen LogP contribution in [0.25, 0.3) is 0 Å². The van der Waals surface area contributed by atoms with Gasteiger partial charge in [-0.25, -0.2) is 12.6 Å². The third kappa shape index (κ3) is 1.94. The van der Waals surface area contributed by atoms with E-state index in [1.165, 1.54) is 22.7 Å². The van der Waals surface area contributed by atoms with Gasteiger partial charge in [-0.1, -0.05) is 6.92 Å². The molecule has 1 heterocycles. The second-order valence-corrected chi connectivity index (χ2v) is 5.85. The zero-order chi connectivity index (χ0) is 10.8. The molecule has 4 nitrogen and oxygen atoms in total. The number of ether oxygens (including phenoxy) is 1. The Labute approximate surface area is 89.0 Å². The van der Waals surface area contributed by atoms with E-state index in [1.54, 1.807) is 26.4 Å². The molecule has 0 unspecified atom stereocenters. The van der Waals surface area contributed by atoms with Crippen LogP contribution in [-0.4, -0.2) is 34.3 Å². The van der Waals surface area contributed by atoms with Gasteiger partial charge in [0.15, 0.2) is 4.21 Å². The summed E-state index contributed by atoms with van der Waals surface area (Å²) in [5.74, 6) is 0.412. The summed E-state index contributed by atoms with van der Waals surface area (Å²) in [6, 6.07) is 1.65. The summed E-state index contributed by atoms with van der Waals surface area (Å²) < 4.78 is 30.3. The first-order chi connectivity index (χ1) is 6.54. The molecule has 0 fully saturated rings. The fourth-order valence-electron chi connectivity index (χ4n) is 0.935. The molecular formula is C7H12BNO3S2. The Hall–Kier alpha value is -0.525. The van der Waals surface area contributed by atoms with Gasteiger partial charge < -0.3 is 4.74 Å². The van der Waals surface area contributed by atoms with Gasteiger partial charge in [0, 0.05) is 0 Å². The van der Waals surface area contributed by atoms with Crippen LogP contribution in [0.3, 0.4) is 0 Å². The maximum atomic E-state index is 11.9. The van der Waals surface area contributed by atoms with Crippen molar-refractivity contribution in [2.45, 2.75) is 11.1 Å². The van der Waals surface area contributed by atoms with E-state index in [4.69, 9.17) is 4.74 Å². The molecule has 1 rings (SSSR count). The highest BCUT2D eigenvalue weighted by molar-refractivity contribution is 7.92. The molecule has 0 aliphatic rings. The third-order valence-corrected chi connectivity index (χ3v) is 5.26. The summed E-state index contributed by atoms with van der Waals surface area (Å²) in [6.45, 7) is 2.24. The van der Waals surface area contributed by atoms with Crippen molar-refractivity contribution in [1.29, 1.82) is 0 Å². The van der Waals surface area contributed by atoms with Crippen LogP contribution in [0.1, 0.15) is 6.92 Å². The van der Waals surface area contributed by atoms with E-state index in [2.05, 4.69) is 0 Å². The Morgan fingerprint density at radius 2 is 2.29 bits per heavy atom. The highest BCUT2D eigenvalue weighted by Gasteiger charge is 2.24. The molecule has 0 spiro atoms. The minimum atomic E-state index is -3.36. The third-order valence-electron chi connectivity index (χ3n) is 1.91. The minimum Gasteiger partial charge on any atom is -0.494 e. The fourth-order valence-corrected chi connectivity index (χ4v) is 3.58. The lowest BCUT2D eigenvalue weighted by Crippen LogP contribution is -2.27. The van der Waals surface area contributed by atoms with Crippen LogP contribution in [0, 0.1) is 0 Å². The van der Waals surface area contributed by atoms with Crippen LogP contribution in [0.5, 0.6) is 5.75 Å². The lowest BCUT2D eigenvalue weighted by molar-refractivity contribution is 0.405. The molecule has 0 radical (unpaired) electrons. The van der Waals surface area contributed by atoms with Gasteiger partial charge in [-0.05, 0) is 18.0 Å². The number of methoxy groups -OCH3 is 1. The quantitative estimate of drug-likeness (QED) is 0.703. The normalized spacial score (nSPS) is 11.9. The van der Waals surface area contributed by atoms with Gasteiger partial charge in [-0.2, -0.15) is 0 Å². The van der Waals surface area contributed by atoms with Crippen molar-refractivity contribution in [3.8, 4) is 5.75 Å². The fraction of sp³-hybridized carbons (Fsp3) is 0.429. The SMILES string of the molecule is BN(CC)S(=O)(=O)c1sccc1OC. The first-order valence-corrected chi connectivity index (χ1v) is 6.43. The molecule has 0 aliphatic heterocycles. The highest BCUT2D eigenvalue weighted by Crippen LogP contribution is 2.31. The zero-order valence-corrected chi connectivity index (χ0v) is 9.98. The van der Waals surface area contributed by atoms with Gasteiger partial charge >= 0.3 is 0 Å². The Kier molecular flexibility index (Phi) is 3.57. The van der Waals surface area contributed by atoms with Gasteiger partial charge in [0.1, 0.15) is 5.75 Å². The summed E-state index contributed by atoms with van der Waals surface area (Å²) in [7, 11) is -0.346. The highest BCUT2D eigenvalue weighted by atomic mass is 32.2. The molecule has 1 aromatic heterocycles. The number of thiophene rings is 1. The molecule has 0 bridgehead atoms. The topological polar surface area (TPSA) is 46.6 Å². The first kappa shape index (κ1) is 11.5. The van der Waals surface area contributed by atoms with Crippen molar-refractivity contribution >= 4 is 29.3 Å². The number of nitrogens with zero attached hydrogens (tertiary/aromatic N) is 1. The van der Waals surface area contributed by atoms with Crippen LogP contribution in [0.15, 0.2) is 15.7 Å². The number of sulfonamides is 1. The molecule has 0 N–H and O–H groups in total. The maximum Gasteiger partial charge on any atom is 0.245 e. The Balaban J connectivity index is 3.16. The molecule has 0 saturated carbocycles. The molecule has 1 aromatic rings. The molecule has 0 amide bonds. The van der Waals surface area contributed by atoms with Crippen LogP contribution in [0.4, 0.5) is 0 Å². The Bertz CT molecular complexity index is 401. The van der Waals surface area contributed by atoms with Crippen LogP contribution >= 0.6 is 11.3 Å². The van der Waals surface area contributed by atoms with Crippen molar-refractivity contribution in [1.82, 2.24) is 4.22 Å². The average Bonchev–Trinajstić information content (AvgIpc) is 2.64. The van der Waals surface area contributed by atoms with E-state index in [9.17, 15) is 8.42 Å². The summed E-state index contributed by atoms with van der Waals surface area (Å²) in [5.41, 5.74) is 0. The Morgan fingerprint density at radius 3 is 2.79 bits per heavy atom. The molecule has 0 atom stereocenters. The van der Waals surface area contributed by atoms with E-state index in [0.717, 1.165) is 0 Å². The van der Waals surface area contributed by atoms with Crippen molar-refractivity contribution in [2.75, 3.05) is 13.7 Å². The van der Waals surface area contributed by atoms with Crippen LogP contribution in [0.2, 0.25) is 0 Å². The summed E-state index contributed by atoms with van der Waals surface area (Å²) in [6.07, 6.45) is 0. The van der Waals surface area contributed by atoms with Crippen molar-refractivity contribution < 1.29 is 13.2 Å². The number of hydrogen-bond donors (Lipinski definition) is 0.